The second-order valence-corrected chi connectivity index (χ2v) is 8.85. The largest absolute Gasteiger partial charge is 0.507 e. The number of carbonyl (C=O) groups is 2. The molecule has 0 amide bonds. The van der Waals surface area contributed by atoms with Gasteiger partial charge in [0.2, 0.25) is 0 Å². The smallest absolute Gasteiger partial charge is 0.303 e. The van der Waals surface area contributed by atoms with Gasteiger partial charge < -0.3 is 29.3 Å². The number of carboxylic acid groups (broad SMARTS) is 1. The number of hydrogen-bond donors (Lipinski definition) is 2. The molecule has 1 saturated heterocycles. The number of rotatable bonds is 7. The standard InChI is InChI=1S/C25H28FNO7/c1-15-18(26)4-3-5-20(15)33-14-25(2)17(6-7-22(29)30)24(31)23-19(28)12-16(13-21(23)34-25)27-8-10-32-11-9-27/h3-5,12-13,17,28H,6-11,14H2,1-2H3,(H,29,30). The minimum atomic E-state index is -1.24. The van der Waals surface area contributed by atoms with Crippen LogP contribution in [0.5, 0.6) is 17.2 Å². The highest BCUT2D eigenvalue weighted by atomic mass is 19.1. The van der Waals surface area contributed by atoms with E-state index in [0.29, 0.717) is 43.3 Å². The van der Waals surface area contributed by atoms with Crippen molar-refractivity contribution in [1.82, 2.24) is 0 Å². The zero-order valence-electron chi connectivity index (χ0n) is 19.2. The molecular weight excluding hydrogens is 445 g/mol. The van der Waals surface area contributed by atoms with Crippen LogP contribution < -0.4 is 14.4 Å². The van der Waals surface area contributed by atoms with Crippen molar-refractivity contribution in [3.8, 4) is 17.2 Å². The lowest BCUT2D eigenvalue weighted by molar-refractivity contribution is -0.137. The van der Waals surface area contributed by atoms with Crippen molar-refractivity contribution in [2.24, 2.45) is 5.92 Å². The van der Waals surface area contributed by atoms with Crippen LogP contribution in [-0.4, -0.2) is 60.5 Å². The lowest BCUT2D eigenvalue weighted by Crippen LogP contribution is -2.52. The number of carboxylic acids is 1. The van der Waals surface area contributed by atoms with Gasteiger partial charge in [-0.15, -0.1) is 0 Å². The SMILES string of the molecule is Cc1c(F)cccc1OCC1(C)Oc2cc(N3CCOCC3)cc(O)c2C(=O)C1CCC(=O)O. The summed E-state index contributed by atoms with van der Waals surface area (Å²) in [6.07, 6.45) is -0.253. The number of hydrogen-bond acceptors (Lipinski definition) is 7. The average molecular weight is 473 g/mol. The van der Waals surface area contributed by atoms with Gasteiger partial charge in [0.1, 0.15) is 35.2 Å². The van der Waals surface area contributed by atoms with Crippen molar-refractivity contribution in [3.05, 3.63) is 47.3 Å². The Hall–Kier alpha value is -3.33. The van der Waals surface area contributed by atoms with Crippen LogP contribution in [0.2, 0.25) is 0 Å². The Morgan fingerprint density at radius 3 is 2.74 bits per heavy atom. The predicted molar refractivity (Wildman–Crippen MR) is 121 cm³/mol. The van der Waals surface area contributed by atoms with Gasteiger partial charge in [0.25, 0.3) is 0 Å². The third-order valence-corrected chi connectivity index (χ3v) is 6.46. The highest BCUT2D eigenvalue weighted by Crippen LogP contribution is 2.45. The Morgan fingerprint density at radius 2 is 2.03 bits per heavy atom. The molecule has 0 spiro atoms. The summed E-state index contributed by atoms with van der Waals surface area (Å²) in [5.41, 5.74) is -0.190. The molecule has 182 valence electrons. The van der Waals surface area contributed by atoms with E-state index in [0.717, 1.165) is 0 Å². The second kappa shape index (κ2) is 9.50. The third kappa shape index (κ3) is 4.65. The van der Waals surface area contributed by atoms with Gasteiger partial charge in [-0.2, -0.15) is 0 Å². The molecule has 4 rings (SSSR count). The van der Waals surface area contributed by atoms with Gasteiger partial charge in [0, 0.05) is 42.9 Å². The van der Waals surface area contributed by atoms with E-state index in [1.165, 1.54) is 18.2 Å². The van der Waals surface area contributed by atoms with Crippen molar-refractivity contribution >= 4 is 17.4 Å². The molecule has 0 saturated carbocycles. The van der Waals surface area contributed by atoms with Crippen LogP contribution in [0.25, 0.3) is 0 Å². The first kappa shape index (κ1) is 23.8. The first-order chi connectivity index (χ1) is 16.2. The van der Waals surface area contributed by atoms with Gasteiger partial charge in [-0.25, -0.2) is 4.39 Å². The number of Topliss-reactive ketones (excluding diaryl/α,β-unsaturated/α-hetero) is 1. The lowest BCUT2D eigenvalue weighted by Gasteiger charge is -2.41. The van der Waals surface area contributed by atoms with Gasteiger partial charge in [-0.05, 0) is 32.4 Å². The summed E-state index contributed by atoms with van der Waals surface area (Å²) in [4.78, 5) is 26.8. The van der Waals surface area contributed by atoms with Crippen LogP contribution >= 0.6 is 0 Å². The predicted octanol–water partition coefficient (Wildman–Crippen LogP) is 3.57. The first-order valence-corrected chi connectivity index (χ1v) is 11.2. The normalized spacial score (nSPS) is 22.1. The zero-order valence-corrected chi connectivity index (χ0v) is 19.2. The number of anilines is 1. The molecule has 2 unspecified atom stereocenters. The van der Waals surface area contributed by atoms with Crippen LogP contribution in [0.15, 0.2) is 30.3 Å². The zero-order chi connectivity index (χ0) is 24.5. The molecule has 2 aliphatic heterocycles. The molecule has 0 radical (unpaired) electrons. The number of phenols is 1. The molecule has 2 atom stereocenters. The van der Waals surface area contributed by atoms with E-state index in [2.05, 4.69) is 0 Å². The molecule has 2 aromatic rings. The summed E-state index contributed by atoms with van der Waals surface area (Å²) in [5.74, 6) is -2.45. The monoisotopic (exact) mass is 473 g/mol. The Balaban J connectivity index is 1.68. The van der Waals surface area contributed by atoms with E-state index in [9.17, 15) is 24.2 Å². The number of phenolic OH excluding ortho intramolecular Hbond substituents is 1. The number of ketones is 1. The molecule has 9 heteroatoms. The maximum absolute atomic E-state index is 14.0. The fourth-order valence-electron chi connectivity index (χ4n) is 4.49. The molecule has 2 heterocycles. The number of ether oxygens (including phenoxy) is 3. The quantitative estimate of drug-likeness (QED) is 0.629. The van der Waals surface area contributed by atoms with Crippen LogP contribution in [0.1, 0.15) is 35.7 Å². The molecule has 2 N–H and O–H groups in total. The highest BCUT2D eigenvalue weighted by Gasteiger charge is 2.48. The van der Waals surface area contributed by atoms with Crippen molar-refractivity contribution in [3.63, 3.8) is 0 Å². The molecule has 0 aliphatic carbocycles. The van der Waals surface area contributed by atoms with Crippen molar-refractivity contribution < 1.29 is 38.4 Å². The summed E-state index contributed by atoms with van der Waals surface area (Å²) < 4.78 is 31.5. The number of carbonyl (C=O) groups excluding carboxylic acids is 1. The average Bonchev–Trinajstić information content (AvgIpc) is 2.79. The van der Waals surface area contributed by atoms with Gasteiger partial charge >= 0.3 is 5.97 Å². The minimum absolute atomic E-state index is 0.000253. The van der Waals surface area contributed by atoms with Crippen molar-refractivity contribution in [2.45, 2.75) is 32.3 Å². The molecule has 34 heavy (non-hydrogen) atoms. The summed E-state index contributed by atoms with van der Waals surface area (Å²) in [6.45, 7) is 5.51. The number of aliphatic carboxylic acids is 1. The van der Waals surface area contributed by atoms with E-state index in [1.54, 1.807) is 26.0 Å². The molecule has 0 bridgehead atoms. The molecule has 8 nitrogen and oxygen atoms in total. The van der Waals surface area contributed by atoms with E-state index in [4.69, 9.17) is 14.2 Å². The van der Waals surface area contributed by atoms with Crippen LogP contribution in [-0.2, 0) is 9.53 Å². The number of halogens is 1. The maximum atomic E-state index is 14.0. The highest BCUT2D eigenvalue weighted by molar-refractivity contribution is 6.05. The van der Waals surface area contributed by atoms with E-state index in [-0.39, 0.29) is 36.5 Å². The number of fused-ring (bicyclic) bond motifs is 1. The van der Waals surface area contributed by atoms with Crippen LogP contribution in [0, 0.1) is 18.7 Å². The van der Waals surface area contributed by atoms with Gasteiger partial charge in [0.05, 0.1) is 19.1 Å². The fourth-order valence-corrected chi connectivity index (χ4v) is 4.49. The maximum Gasteiger partial charge on any atom is 0.303 e. The van der Waals surface area contributed by atoms with Crippen molar-refractivity contribution in [2.75, 3.05) is 37.8 Å². The van der Waals surface area contributed by atoms with Crippen LogP contribution in [0.4, 0.5) is 10.1 Å². The van der Waals surface area contributed by atoms with E-state index >= 15 is 0 Å². The summed E-state index contributed by atoms with van der Waals surface area (Å²) >= 11 is 0. The van der Waals surface area contributed by atoms with Crippen LogP contribution in [0.3, 0.4) is 0 Å². The number of aromatic hydroxyl groups is 1. The van der Waals surface area contributed by atoms with E-state index < -0.39 is 29.1 Å². The third-order valence-electron chi connectivity index (χ3n) is 6.46. The van der Waals surface area contributed by atoms with E-state index in [1.807, 2.05) is 4.90 Å². The number of nitrogens with zero attached hydrogens (tertiary/aromatic N) is 1. The molecule has 2 aromatic carbocycles. The van der Waals surface area contributed by atoms with Gasteiger partial charge in [-0.1, -0.05) is 6.07 Å². The topological polar surface area (TPSA) is 106 Å². The molecule has 2 aliphatic rings. The summed E-state index contributed by atoms with van der Waals surface area (Å²) in [6, 6.07) is 7.70. The Bertz CT molecular complexity index is 1100. The second-order valence-electron chi connectivity index (χ2n) is 8.85. The first-order valence-electron chi connectivity index (χ1n) is 11.2. The fraction of sp³-hybridized carbons (Fsp3) is 0.440. The van der Waals surface area contributed by atoms with Crippen molar-refractivity contribution in [1.29, 1.82) is 0 Å². The Kier molecular flexibility index (Phi) is 6.65. The minimum Gasteiger partial charge on any atom is -0.507 e. The lowest BCUT2D eigenvalue weighted by atomic mass is 9.77. The van der Waals surface area contributed by atoms with Gasteiger partial charge in [0.15, 0.2) is 11.4 Å². The molecule has 1 fully saturated rings. The molecule has 0 aromatic heterocycles. The Morgan fingerprint density at radius 1 is 1.29 bits per heavy atom. The number of morpholine rings is 1. The molecular formula is C25H28FNO7. The summed E-state index contributed by atoms with van der Waals surface area (Å²) in [5, 5.41) is 19.9. The summed E-state index contributed by atoms with van der Waals surface area (Å²) in [7, 11) is 0. The van der Waals surface area contributed by atoms with Gasteiger partial charge in [-0.3, -0.25) is 9.59 Å². The Labute approximate surface area is 196 Å². The number of benzene rings is 2.